The van der Waals surface area contributed by atoms with Crippen LogP contribution in [0.4, 0.5) is 5.82 Å². The zero-order valence-corrected chi connectivity index (χ0v) is 9.19. The molecule has 1 rings (SSSR count). The first-order chi connectivity index (χ1) is 6.69. The lowest BCUT2D eigenvalue weighted by Crippen LogP contribution is -2.27. The van der Waals surface area contributed by atoms with Crippen LogP contribution in [0.1, 0.15) is 19.5 Å². The minimum atomic E-state index is 0.532. The third-order valence-electron chi connectivity index (χ3n) is 2.54. The Morgan fingerprint density at radius 1 is 1.36 bits per heavy atom. The van der Waals surface area contributed by atoms with Crippen LogP contribution in [0.25, 0.3) is 0 Å². The number of rotatable bonds is 5. The van der Waals surface area contributed by atoms with Gasteiger partial charge in [-0.3, -0.25) is 0 Å². The normalized spacial score (nSPS) is 11.1. The molecule has 0 bridgehead atoms. The molecule has 0 atom stereocenters. The summed E-state index contributed by atoms with van der Waals surface area (Å²) in [6.45, 7) is 10.3. The van der Waals surface area contributed by atoms with Gasteiger partial charge in [-0.2, -0.15) is 0 Å². The summed E-state index contributed by atoms with van der Waals surface area (Å²) in [7, 11) is 0. The van der Waals surface area contributed by atoms with Crippen LogP contribution in [0, 0.1) is 6.92 Å². The van der Waals surface area contributed by atoms with E-state index in [0.29, 0.717) is 5.82 Å². The summed E-state index contributed by atoms with van der Waals surface area (Å²) >= 11 is 0. The van der Waals surface area contributed by atoms with Crippen LogP contribution in [0.3, 0.4) is 0 Å². The Labute approximate surface area is 84.9 Å². The van der Waals surface area contributed by atoms with E-state index < -0.39 is 0 Å². The Morgan fingerprint density at radius 2 is 2.00 bits per heavy atom. The maximum atomic E-state index is 5.60. The van der Waals surface area contributed by atoms with Gasteiger partial charge in [0, 0.05) is 6.54 Å². The van der Waals surface area contributed by atoms with Gasteiger partial charge in [-0.15, -0.1) is 5.10 Å². The second kappa shape index (κ2) is 4.95. The third-order valence-corrected chi connectivity index (χ3v) is 2.54. The monoisotopic (exact) mass is 197 g/mol. The number of hydrogen-bond acceptors (Lipinski definition) is 4. The molecule has 0 aliphatic carbocycles. The Balaban J connectivity index is 2.49. The highest BCUT2D eigenvalue weighted by Crippen LogP contribution is 2.04. The van der Waals surface area contributed by atoms with Crippen LogP contribution in [-0.4, -0.2) is 39.5 Å². The van der Waals surface area contributed by atoms with Crippen molar-refractivity contribution in [3.63, 3.8) is 0 Å². The van der Waals surface area contributed by atoms with Gasteiger partial charge in [-0.05, 0) is 20.0 Å². The molecular weight excluding hydrogens is 178 g/mol. The quantitative estimate of drug-likeness (QED) is 0.747. The van der Waals surface area contributed by atoms with Gasteiger partial charge in [-0.1, -0.05) is 19.1 Å². The first-order valence-electron chi connectivity index (χ1n) is 5.07. The first kappa shape index (κ1) is 11.0. The average Bonchev–Trinajstić information content (AvgIpc) is 2.51. The number of nitrogens with zero attached hydrogens (tertiary/aromatic N) is 4. The minimum absolute atomic E-state index is 0.532. The van der Waals surface area contributed by atoms with Gasteiger partial charge >= 0.3 is 0 Å². The molecule has 0 aliphatic rings. The third kappa shape index (κ3) is 2.45. The molecule has 0 unspecified atom stereocenters. The largest absolute Gasteiger partial charge is 0.381 e. The number of anilines is 1. The van der Waals surface area contributed by atoms with Gasteiger partial charge in [0.25, 0.3) is 0 Å². The summed E-state index contributed by atoms with van der Waals surface area (Å²) in [5.74, 6) is 0.532. The van der Waals surface area contributed by atoms with Crippen molar-refractivity contribution < 1.29 is 0 Å². The van der Waals surface area contributed by atoms with Gasteiger partial charge in [0.1, 0.15) is 0 Å². The van der Waals surface area contributed by atoms with Crippen molar-refractivity contribution in [1.29, 1.82) is 0 Å². The lowest BCUT2D eigenvalue weighted by atomic mass is 10.4. The molecule has 1 heterocycles. The minimum Gasteiger partial charge on any atom is -0.381 e. The van der Waals surface area contributed by atoms with Crippen LogP contribution in [0.2, 0.25) is 0 Å². The number of nitrogen functional groups attached to an aromatic ring is 1. The van der Waals surface area contributed by atoms with Crippen molar-refractivity contribution in [3.8, 4) is 0 Å². The molecule has 1 aromatic rings. The Morgan fingerprint density at radius 3 is 2.43 bits per heavy atom. The molecule has 0 fully saturated rings. The van der Waals surface area contributed by atoms with Crippen LogP contribution >= 0.6 is 0 Å². The Bertz CT molecular complexity index is 277. The molecule has 5 nitrogen and oxygen atoms in total. The fraction of sp³-hybridized carbons (Fsp3) is 0.778. The lowest BCUT2D eigenvalue weighted by molar-refractivity contribution is 0.283. The molecule has 0 aliphatic heterocycles. The van der Waals surface area contributed by atoms with E-state index in [1.165, 1.54) is 0 Å². The Kier molecular flexibility index (Phi) is 3.88. The number of aromatic nitrogens is 3. The highest BCUT2D eigenvalue weighted by Gasteiger charge is 2.05. The van der Waals surface area contributed by atoms with E-state index in [9.17, 15) is 0 Å². The van der Waals surface area contributed by atoms with Crippen molar-refractivity contribution >= 4 is 5.82 Å². The molecule has 0 saturated heterocycles. The molecule has 14 heavy (non-hydrogen) atoms. The van der Waals surface area contributed by atoms with Gasteiger partial charge in [0.15, 0.2) is 5.82 Å². The zero-order chi connectivity index (χ0) is 10.6. The predicted octanol–water partition coefficient (Wildman–Crippen LogP) is 0.511. The van der Waals surface area contributed by atoms with Crippen LogP contribution in [0.5, 0.6) is 0 Å². The topological polar surface area (TPSA) is 60.0 Å². The maximum absolute atomic E-state index is 5.60. The maximum Gasteiger partial charge on any atom is 0.168 e. The zero-order valence-electron chi connectivity index (χ0n) is 9.19. The second-order valence-corrected chi connectivity index (χ2v) is 3.31. The summed E-state index contributed by atoms with van der Waals surface area (Å²) in [6, 6.07) is 0. The summed E-state index contributed by atoms with van der Waals surface area (Å²) in [5.41, 5.74) is 6.56. The molecule has 0 spiro atoms. The van der Waals surface area contributed by atoms with Crippen molar-refractivity contribution in [3.05, 3.63) is 5.69 Å². The smallest absolute Gasteiger partial charge is 0.168 e. The van der Waals surface area contributed by atoms with Crippen molar-refractivity contribution in [2.75, 3.05) is 25.4 Å². The molecule has 1 aromatic heterocycles. The molecular formula is C9H19N5. The van der Waals surface area contributed by atoms with Gasteiger partial charge in [0.05, 0.1) is 12.2 Å². The standard InChI is InChI=1S/C9H19N5/c1-4-13(5-2)6-7-14-8(3)9(10)11-12-14/h4-7,10H2,1-3H3. The van der Waals surface area contributed by atoms with E-state index in [4.69, 9.17) is 5.73 Å². The first-order valence-corrected chi connectivity index (χ1v) is 5.07. The molecule has 0 saturated carbocycles. The molecule has 80 valence electrons. The number of likely N-dealkylation sites (N-methyl/N-ethyl adjacent to an activating group) is 1. The lowest BCUT2D eigenvalue weighted by Gasteiger charge is -2.17. The molecule has 5 heteroatoms. The van der Waals surface area contributed by atoms with Crippen molar-refractivity contribution in [1.82, 2.24) is 19.9 Å². The SMILES string of the molecule is CCN(CC)CCn1nnc(N)c1C. The van der Waals surface area contributed by atoms with Crippen LogP contribution in [-0.2, 0) is 6.54 Å². The molecule has 0 radical (unpaired) electrons. The van der Waals surface area contributed by atoms with E-state index in [1.807, 2.05) is 11.6 Å². The van der Waals surface area contributed by atoms with Gasteiger partial charge < -0.3 is 10.6 Å². The van der Waals surface area contributed by atoms with Gasteiger partial charge in [-0.25, -0.2) is 4.68 Å². The van der Waals surface area contributed by atoms with Crippen molar-refractivity contribution in [2.45, 2.75) is 27.3 Å². The molecule has 2 N–H and O–H groups in total. The van der Waals surface area contributed by atoms with E-state index >= 15 is 0 Å². The summed E-state index contributed by atoms with van der Waals surface area (Å²) in [4.78, 5) is 2.34. The van der Waals surface area contributed by atoms with Crippen LogP contribution in [0.15, 0.2) is 0 Å². The summed E-state index contributed by atoms with van der Waals surface area (Å²) < 4.78 is 1.85. The van der Waals surface area contributed by atoms with Crippen LogP contribution < -0.4 is 5.73 Å². The molecule has 0 aromatic carbocycles. The predicted molar refractivity (Wildman–Crippen MR) is 57.0 cm³/mol. The van der Waals surface area contributed by atoms with E-state index in [2.05, 4.69) is 29.1 Å². The summed E-state index contributed by atoms with van der Waals surface area (Å²) in [5, 5.41) is 7.79. The van der Waals surface area contributed by atoms with E-state index in [0.717, 1.165) is 31.9 Å². The average molecular weight is 197 g/mol. The number of nitrogens with two attached hydrogens (primary N) is 1. The van der Waals surface area contributed by atoms with Gasteiger partial charge in [0.2, 0.25) is 0 Å². The molecule has 0 amide bonds. The second-order valence-electron chi connectivity index (χ2n) is 3.31. The van der Waals surface area contributed by atoms with E-state index in [-0.39, 0.29) is 0 Å². The fourth-order valence-corrected chi connectivity index (χ4v) is 1.36. The number of hydrogen-bond donors (Lipinski definition) is 1. The highest BCUT2D eigenvalue weighted by atomic mass is 15.4. The van der Waals surface area contributed by atoms with Crippen molar-refractivity contribution in [2.24, 2.45) is 0 Å². The Hall–Kier alpha value is -1.10. The fourth-order valence-electron chi connectivity index (χ4n) is 1.36. The summed E-state index contributed by atoms with van der Waals surface area (Å²) in [6.07, 6.45) is 0. The van der Waals surface area contributed by atoms with E-state index in [1.54, 1.807) is 0 Å². The highest BCUT2D eigenvalue weighted by molar-refractivity contribution is 5.31.